The number of allylic oxidation sites excluding steroid dienone is 1. The standard InChI is InChI=1S/C20H31N3O/c1-8-17(9-2)22-18-12-16(6)21-20(23(18)7)24-19-14(4)10-13(3)11-15(19)5/h10-12,17,20-21H,8-9H2,1-7H3. The summed E-state index contributed by atoms with van der Waals surface area (Å²) in [6.45, 7) is 12.7. The molecule has 0 aromatic heterocycles. The van der Waals surface area contributed by atoms with Crippen molar-refractivity contribution in [1.29, 1.82) is 0 Å². The molecule has 0 amide bonds. The van der Waals surface area contributed by atoms with Gasteiger partial charge in [0, 0.05) is 12.7 Å². The number of aliphatic imine (C=N–C) groups is 1. The van der Waals surface area contributed by atoms with Gasteiger partial charge in [-0.3, -0.25) is 4.99 Å². The predicted octanol–water partition coefficient (Wildman–Crippen LogP) is 4.30. The van der Waals surface area contributed by atoms with Crippen LogP contribution in [0.4, 0.5) is 0 Å². The van der Waals surface area contributed by atoms with E-state index in [2.05, 4.69) is 70.0 Å². The maximum Gasteiger partial charge on any atom is 0.251 e. The van der Waals surface area contributed by atoms with Gasteiger partial charge in [0.2, 0.25) is 0 Å². The minimum Gasteiger partial charge on any atom is -0.452 e. The lowest BCUT2D eigenvalue weighted by Gasteiger charge is -2.36. The van der Waals surface area contributed by atoms with Gasteiger partial charge in [0.05, 0.1) is 6.04 Å². The molecule has 24 heavy (non-hydrogen) atoms. The van der Waals surface area contributed by atoms with Gasteiger partial charge >= 0.3 is 0 Å². The van der Waals surface area contributed by atoms with Crippen LogP contribution in [0.15, 0.2) is 28.9 Å². The Balaban J connectivity index is 2.28. The van der Waals surface area contributed by atoms with Gasteiger partial charge in [-0.05, 0) is 57.7 Å². The van der Waals surface area contributed by atoms with Gasteiger partial charge in [-0.2, -0.15) is 0 Å². The van der Waals surface area contributed by atoms with Gasteiger partial charge in [0.15, 0.2) is 0 Å². The zero-order chi connectivity index (χ0) is 17.9. The minimum absolute atomic E-state index is 0.247. The first-order valence-corrected chi connectivity index (χ1v) is 8.85. The van der Waals surface area contributed by atoms with Crippen molar-refractivity contribution in [2.45, 2.75) is 66.8 Å². The van der Waals surface area contributed by atoms with Crippen LogP contribution in [0.25, 0.3) is 0 Å². The Labute approximate surface area is 146 Å². The number of nitrogens with one attached hydrogen (secondary N) is 1. The molecule has 1 unspecified atom stereocenters. The molecular formula is C20H31N3O. The largest absolute Gasteiger partial charge is 0.452 e. The fourth-order valence-corrected chi connectivity index (χ4v) is 3.11. The summed E-state index contributed by atoms with van der Waals surface area (Å²) in [5.41, 5.74) is 4.65. The van der Waals surface area contributed by atoms with Crippen LogP contribution >= 0.6 is 0 Å². The van der Waals surface area contributed by atoms with Gasteiger partial charge in [-0.1, -0.05) is 31.5 Å². The zero-order valence-electron chi connectivity index (χ0n) is 16.1. The van der Waals surface area contributed by atoms with Gasteiger partial charge in [0.1, 0.15) is 11.6 Å². The molecule has 1 aromatic rings. The van der Waals surface area contributed by atoms with Crippen molar-refractivity contribution in [3.05, 3.63) is 40.6 Å². The molecule has 0 bridgehead atoms. The van der Waals surface area contributed by atoms with Crippen LogP contribution in [-0.4, -0.2) is 30.2 Å². The van der Waals surface area contributed by atoms with Crippen LogP contribution in [0, 0.1) is 20.8 Å². The number of ether oxygens (including phenoxy) is 1. The summed E-state index contributed by atoms with van der Waals surface area (Å²) in [7, 11) is 2.03. The molecule has 132 valence electrons. The molecule has 1 heterocycles. The number of amidine groups is 1. The molecule has 1 aliphatic rings. The van der Waals surface area contributed by atoms with Gasteiger partial charge < -0.3 is 15.0 Å². The molecule has 0 aliphatic carbocycles. The van der Waals surface area contributed by atoms with Crippen molar-refractivity contribution in [1.82, 2.24) is 10.2 Å². The third-order valence-electron chi connectivity index (χ3n) is 4.50. The van der Waals surface area contributed by atoms with Crippen molar-refractivity contribution in [3.63, 3.8) is 0 Å². The van der Waals surface area contributed by atoms with Crippen LogP contribution in [0.1, 0.15) is 50.3 Å². The summed E-state index contributed by atoms with van der Waals surface area (Å²) in [6.07, 6.45) is 3.95. The van der Waals surface area contributed by atoms with Crippen molar-refractivity contribution >= 4 is 5.84 Å². The Morgan fingerprint density at radius 3 is 2.25 bits per heavy atom. The smallest absolute Gasteiger partial charge is 0.251 e. The monoisotopic (exact) mass is 329 g/mol. The number of rotatable bonds is 5. The highest BCUT2D eigenvalue weighted by molar-refractivity contribution is 5.94. The van der Waals surface area contributed by atoms with Gasteiger partial charge in [-0.15, -0.1) is 0 Å². The second kappa shape index (κ2) is 7.73. The Hall–Kier alpha value is -1.97. The average molecular weight is 329 g/mol. The molecule has 0 spiro atoms. The van der Waals surface area contributed by atoms with E-state index in [9.17, 15) is 0 Å². The van der Waals surface area contributed by atoms with Crippen LogP contribution in [0.5, 0.6) is 5.75 Å². The molecule has 4 nitrogen and oxygen atoms in total. The van der Waals surface area contributed by atoms with E-state index in [0.29, 0.717) is 6.04 Å². The molecular weight excluding hydrogens is 298 g/mol. The first-order chi connectivity index (χ1) is 11.3. The van der Waals surface area contributed by atoms with Crippen LogP contribution < -0.4 is 10.1 Å². The maximum absolute atomic E-state index is 6.33. The SMILES string of the molecule is CCC(CC)N=C1C=C(C)NC(Oc2c(C)cc(C)cc2C)N1C. The van der Waals surface area contributed by atoms with E-state index in [4.69, 9.17) is 9.73 Å². The van der Waals surface area contributed by atoms with Crippen LogP contribution in [-0.2, 0) is 0 Å². The van der Waals surface area contributed by atoms with Crippen molar-refractivity contribution in [2.75, 3.05) is 7.05 Å². The molecule has 1 N–H and O–H groups in total. The maximum atomic E-state index is 6.33. The highest BCUT2D eigenvalue weighted by Crippen LogP contribution is 2.26. The van der Waals surface area contributed by atoms with Crippen molar-refractivity contribution in [3.8, 4) is 5.75 Å². The van der Waals surface area contributed by atoms with Gasteiger partial charge in [-0.25, -0.2) is 0 Å². The van der Waals surface area contributed by atoms with E-state index in [0.717, 1.165) is 41.3 Å². The van der Waals surface area contributed by atoms with E-state index in [-0.39, 0.29) is 6.35 Å². The number of hydrogen-bond acceptors (Lipinski definition) is 3. The first kappa shape index (κ1) is 18.4. The highest BCUT2D eigenvalue weighted by atomic mass is 16.5. The molecule has 2 rings (SSSR count). The summed E-state index contributed by atoms with van der Waals surface area (Å²) in [5.74, 6) is 1.92. The molecule has 1 aliphatic heterocycles. The molecule has 0 saturated heterocycles. The topological polar surface area (TPSA) is 36.9 Å². The second-order valence-corrected chi connectivity index (χ2v) is 6.74. The zero-order valence-corrected chi connectivity index (χ0v) is 16.1. The third kappa shape index (κ3) is 4.11. The normalized spacial score (nSPS) is 19.5. The van der Waals surface area contributed by atoms with Gasteiger partial charge in [0.25, 0.3) is 6.35 Å². The number of aryl methyl sites for hydroxylation is 3. The Morgan fingerprint density at radius 2 is 1.71 bits per heavy atom. The van der Waals surface area contributed by atoms with Crippen molar-refractivity contribution < 1.29 is 4.74 Å². The predicted molar refractivity (Wildman–Crippen MR) is 102 cm³/mol. The molecule has 1 atom stereocenters. The van der Waals surface area contributed by atoms with E-state index in [1.54, 1.807) is 0 Å². The molecule has 0 fully saturated rings. The quantitative estimate of drug-likeness (QED) is 0.875. The molecule has 0 saturated carbocycles. The molecule has 0 radical (unpaired) electrons. The number of benzene rings is 1. The van der Waals surface area contributed by atoms with Crippen LogP contribution in [0.2, 0.25) is 0 Å². The van der Waals surface area contributed by atoms with E-state index < -0.39 is 0 Å². The van der Waals surface area contributed by atoms with Crippen LogP contribution in [0.3, 0.4) is 0 Å². The third-order valence-corrected chi connectivity index (χ3v) is 4.50. The first-order valence-electron chi connectivity index (χ1n) is 8.85. The number of nitrogens with zero attached hydrogens (tertiary/aromatic N) is 2. The lowest BCUT2D eigenvalue weighted by molar-refractivity contribution is 0.0667. The van der Waals surface area contributed by atoms with E-state index >= 15 is 0 Å². The number of hydrogen-bond donors (Lipinski definition) is 1. The number of likely N-dealkylation sites (N-methyl/N-ethyl adjacent to an activating group) is 1. The summed E-state index contributed by atoms with van der Waals surface area (Å²) in [6, 6.07) is 4.67. The molecule has 4 heteroatoms. The Kier molecular flexibility index (Phi) is 5.92. The lowest BCUT2D eigenvalue weighted by atomic mass is 10.1. The Morgan fingerprint density at radius 1 is 1.12 bits per heavy atom. The fraction of sp³-hybridized carbons (Fsp3) is 0.550. The second-order valence-electron chi connectivity index (χ2n) is 6.74. The lowest BCUT2D eigenvalue weighted by Crippen LogP contribution is -2.52. The van der Waals surface area contributed by atoms with Crippen molar-refractivity contribution in [2.24, 2.45) is 4.99 Å². The summed E-state index contributed by atoms with van der Waals surface area (Å²) >= 11 is 0. The van der Waals surface area contributed by atoms with E-state index in [1.165, 1.54) is 5.56 Å². The Bertz CT molecular complexity index is 621. The molecule has 1 aromatic carbocycles. The summed E-state index contributed by atoms with van der Waals surface area (Å²) in [5, 5.41) is 3.41. The van der Waals surface area contributed by atoms with E-state index in [1.807, 2.05) is 7.05 Å². The fourth-order valence-electron chi connectivity index (χ4n) is 3.11. The average Bonchev–Trinajstić information content (AvgIpc) is 2.52. The minimum atomic E-state index is -0.247. The summed E-state index contributed by atoms with van der Waals surface area (Å²) < 4.78 is 6.33. The highest BCUT2D eigenvalue weighted by Gasteiger charge is 2.25. The summed E-state index contributed by atoms with van der Waals surface area (Å²) in [4.78, 5) is 6.97.